The van der Waals surface area contributed by atoms with E-state index >= 15 is 0 Å². The lowest BCUT2D eigenvalue weighted by Gasteiger charge is -2.24. The molecular formula is C15H8N2O5S2. The quantitative estimate of drug-likeness (QED) is 0.721. The predicted molar refractivity (Wildman–Crippen MR) is 86.3 cm³/mol. The second-order valence-corrected chi connectivity index (χ2v) is 7.85. The highest BCUT2D eigenvalue weighted by molar-refractivity contribution is 8.24. The third-order valence-corrected chi connectivity index (χ3v) is 6.78. The van der Waals surface area contributed by atoms with Crippen molar-refractivity contribution in [3.8, 4) is 0 Å². The van der Waals surface area contributed by atoms with Gasteiger partial charge in [-0.1, -0.05) is 24.3 Å². The minimum atomic E-state index is -1.16. The Bertz CT molecular complexity index is 825. The van der Waals surface area contributed by atoms with Gasteiger partial charge >= 0.3 is 6.03 Å². The zero-order valence-corrected chi connectivity index (χ0v) is 13.5. The molecule has 24 heavy (non-hydrogen) atoms. The van der Waals surface area contributed by atoms with Gasteiger partial charge in [0.15, 0.2) is 0 Å². The number of carbonyl (C=O) groups excluding carboxylic acids is 5. The molecule has 0 atom stereocenters. The van der Waals surface area contributed by atoms with E-state index in [1.165, 1.54) is 0 Å². The van der Waals surface area contributed by atoms with Crippen molar-refractivity contribution >= 4 is 52.9 Å². The summed E-state index contributed by atoms with van der Waals surface area (Å²) in [4.78, 5) is 60.8. The van der Waals surface area contributed by atoms with Crippen molar-refractivity contribution in [2.45, 2.75) is 4.58 Å². The maximum atomic E-state index is 12.6. The van der Waals surface area contributed by atoms with Crippen molar-refractivity contribution < 1.29 is 24.0 Å². The smallest absolute Gasteiger partial charge is 0.288 e. The number of ketones is 2. The van der Waals surface area contributed by atoms with Gasteiger partial charge in [0, 0.05) is 11.1 Å². The van der Waals surface area contributed by atoms with E-state index in [-0.39, 0.29) is 21.4 Å². The molecule has 7 nitrogen and oxygen atoms in total. The molecule has 0 radical (unpaired) electrons. The number of allylic oxidation sites excluding steroid dienone is 2. The Labute approximate surface area is 143 Å². The van der Waals surface area contributed by atoms with Crippen LogP contribution < -0.4 is 10.6 Å². The van der Waals surface area contributed by atoms with Crippen LogP contribution in [-0.2, 0) is 9.59 Å². The molecular weight excluding hydrogens is 352 g/mol. The molecule has 2 heterocycles. The highest BCUT2D eigenvalue weighted by atomic mass is 32.2. The third kappa shape index (κ3) is 2.12. The minimum absolute atomic E-state index is 0.256. The summed E-state index contributed by atoms with van der Waals surface area (Å²) in [7, 11) is 0. The number of amides is 4. The molecule has 1 aromatic carbocycles. The molecule has 2 N–H and O–H groups in total. The van der Waals surface area contributed by atoms with Crippen molar-refractivity contribution in [3.05, 3.63) is 45.2 Å². The largest absolute Gasteiger partial charge is 0.328 e. The second kappa shape index (κ2) is 5.32. The predicted octanol–water partition coefficient (Wildman–Crippen LogP) is 1.07. The van der Waals surface area contributed by atoms with E-state index in [4.69, 9.17) is 0 Å². The first-order chi connectivity index (χ1) is 11.5. The fourth-order valence-corrected chi connectivity index (χ4v) is 5.84. The number of barbiturate groups is 1. The van der Waals surface area contributed by atoms with E-state index in [9.17, 15) is 24.0 Å². The van der Waals surface area contributed by atoms with Gasteiger partial charge in [-0.3, -0.25) is 29.8 Å². The van der Waals surface area contributed by atoms with E-state index in [2.05, 4.69) is 0 Å². The van der Waals surface area contributed by atoms with Crippen LogP contribution in [0.3, 0.4) is 0 Å². The fourth-order valence-electron chi connectivity index (χ4n) is 2.71. The summed E-state index contributed by atoms with van der Waals surface area (Å²) in [5.41, 5.74) is 0.644. The molecule has 1 saturated heterocycles. The summed E-state index contributed by atoms with van der Waals surface area (Å²) in [6.45, 7) is 0. The molecule has 1 aromatic rings. The van der Waals surface area contributed by atoms with Gasteiger partial charge < -0.3 is 0 Å². The average molecular weight is 360 g/mol. The zero-order chi connectivity index (χ0) is 17.0. The number of rotatable bonds is 1. The Hall–Kier alpha value is -2.39. The molecule has 2 aliphatic heterocycles. The SMILES string of the molecule is O=C1NC(=O)C(C2SC3=C(S2)C(=O)c2ccccc2C3=O)C(=O)N1. The summed E-state index contributed by atoms with van der Waals surface area (Å²) in [6, 6.07) is 5.64. The van der Waals surface area contributed by atoms with Crippen molar-refractivity contribution in [1.29, 1.82) is 0 Å². The van der Waals surface area contributed by atoms with E-state index in [0.717, 1.165) is 23.5 Å². The van der Waals surface area contributed by atoms with Gasteiger partial charge in [0.05, 0.1) is 14.4 Å². The monoisotopic (exact) mass is 360 g/mol. The standard InChI is InChI=1S/C15H8N2O5S2/c18-8-5-3-1-2-4-6(5)9(19)11-10(8)23-14(24-11)7-12(20)16-15(22)17-13(7)21/h1-4,7,14H,(H2,16,17,20,21,22). The van der Waals surface area contributed by atoms with Gasteiger partial charge in [0.2, 0.25) is 23.4 Å². The van der Waals surface area contributed by atoms with Crippen LogP contribution in [0.5, 0.6) is 0 Å². The number of carbonyl (C=O) groups is 5. The summed E-state index contributed by atoms with van der Waals surface area (Å²) in [5, 5.41) is 4.07. The van der Waals surface area contributed by atoms with Crippen LogP contribution in [0.4, 0.5) is 4.79 Å². The van der Waals surface area contributed by atoms with Crippen LogP contribution in [0, 0.1) is 5.92 Å². The number of imide groups is 2. The summed E-state index contributed by atoms with van der Waals surface area (Å²) in [5.74, 6) is -3.19. The van der Waals surface area contributed by atoms with Crippen LogP contribution in [-0.4, -0.2) is 34.0 Å². The van der Waals surface area contributed by atoms with Crippen molar-refractivity contribution in [1.82, 2.24) is 10.6 Å². The van der Waals surface area contributed by atoms with Gasteiger partial charge in [-0.2, -0.15) is 0 Å². The van der Waals surface area contributed by atoms with Gasteiger partial charge in [0.25, 0.3) is 0 Å². The summed E-state index contributed by atoms with van der Waals surface area (Å²) in [6.07, 6.45) is 0. The van der Waals surface area contributed by atoms with Gasteiger partial charge in [0.1, 0.15) is 5.92 Å². The molecule has 1 aliphatic carbocycles. The number of Topliss-reactive ketones (excluding diaryl/α,β-unsaturated/α-hetero) is 2. The maximum Gasteiger partial charge on any atom is 0.328 e. The third-order valence-electron chi connectivity index (χ3n) is 3.81. The second-order valence-electron chi connectivity index (χ2n) is 5.25. The lowest BCUT2D eigenvalue weighted by atomic mass is 9.94. The first-order valence-electron chi connectivity index (χ1n) is 6.89. The van der Waals surface area contributed by atoms with Crippen LogP contribution in [0.25, 0.3) is 0 Å². The van der Waals surface area contributed by atoms with Crippen molar-refractivity contribution in [2.75, 3.05) is 0 Å². The van der Waals surface area contributed by atoms with E-state index < -0.39 is 28.3 Å². The molecule has 4 amide bonds. The number of thioether (sulfide) groups is 2. The van der Waals surface area contributed by atoms with Crippen molar-refractivity contribution in [3.63, 3.8) is 0 Å². The summed E-state index contributed by atoms with van der Waals surface area (Å²) >= 11 is 2.05. The van der Waals surface area contributed by atoms with Gasteiger partial charge in [-0.15, -0.1) is 23.5 Å². The molecule has 0 saturated carbocycles. The molecule has 0 aromatic heterocycles. The first kappa shape index (κ1) is 15.2. The number of hydrogen-bond donors (Lipinski definition) is 2. The van der Waals surface area contributed by atoms with Crippen LogP contribution in [0.15, 0.2) is 34.1 Å². The first-order valence-corrected chi connectivity index (χ1v) is 8.65. The maximum absolute atomic E-state index is 12.6. The van der Waals surface area contributed by atoms with Crippen LogP contribution >= 0.6 is 23.5 Å². The van der Waals surface area contributed by atoms with Gasteiger partial charge in [-0.05, 0) is 0 Å². The Balaban J connectivity index is 1.66. The molecule has 120 valence electrons. The lowest BCUT2D eigenvalue weighted by Crippen LogP contribution is -2.57. The zero-order valence-electron chi connectivity index (χ0n) is 11.8. The van der Waals surface area contributed by atoms with E-state index in [1.807, 2.05) is 10.6 Å². The number of urea groups is 1. The van der Waals surface area contributed by atoms with E-state index in [1.54, 1.807) is 24.3 Å². The van der Waals surface area contributed by atoms with E-state index in [0.29, 0.717) is 11.1 Å². The Morgan fingerprint density at radius 1 is 0.750 bits per heavy atom. The molecule has 0 unspecified atom stereocenters. The normalized spacial score (nSPS) is 21.6. The van der Waals surface area contributed by atoms with Crippen LogP contribution in [0.1, 0.15) is 20.7 Å². The molecule has 0 spiro atoms. The van der Waals surface area contributed by atoms with Gasteiger partial charge in [-0.25, -0.2) is 4.79 Å². The Morgan fingerprint density at radius 3 is 1.67 bits per heavy atom. The topological polar surface area (TPSA) is 109 Å². The number of benzene rings is 1. The lowest BCUT2D eigenvalue weighted by molar-refractivity contribution is -0.135. The number of fused-ring (bicyclic) bond motifs is 1. The number of nitrogens with one attached hydrogen (secondary N) is 2. The average Bonchev–Trinajstić information content (AvgIpc) is 2.97. The minimum Gasteiger partial charge on any atom is -0.288 e. The molecule has 4 rings (SSSR count). The Morgan fingerprint density at radius 2 is 1.21 bits per heavy atom. The molecule has 0 bridgehead atoms. The molecule has 9 heteroatoms. The molecule has 3 aliphatic rings. The number of hydrogen-bond acceptors (Lipinski definition) is 7. The molecule has 1 fully saturated rings. The Kier molecular flexibility index (Phi) is 3.36. The highest BCUT2D eigenvalue weighted by Gasteiger charge is 2.48. The van der Waals surface area contributed by atoms with Crippen molar-refractivity contribution in [2.24, 2.45) is 5.92 Å². The summed E-state index contributed by atoms with van der Waals surface area (Å²) < 4.78 is -0.676. The fraction of sp³-hybridized carbons (Fsp3) is 0.133. The highest BCUT2D eigenvalue weighted by Crippen LogP contribution is 2.53. The van der Waals surface area contributed by atoms with Crippen LogP contribution in [0.2, 0.25) is 0 Å².